The predicted octanol–water partition coefficient (Wildman–Crippen LogP) is 1.45. The molecule has 0 saturated heterocycles. The Labute approximate surface area is 98.3 Å². The number of hydrogen-bond donors (Lipinski definition) is 3. The smallest absolute Gasteiger partial charge is 0.0895 e. The van der Waals surface area contributed by atoms with E-state index in [1.54, 1.807) is 0 Å². The molecule has 4 heteroatoms. The van der Waals surface area contributed by atoms with E-state index in [1.807, 2.05) is 31.2 Å². The Morgan fingerprint density at radius 1 is 1.40 bits per heavy atom. The van der Waals surface area contributed by atoms with Crippen LogP contribution in [0, 0.1) is 0 Å². The van der Waals surface area contributed by atoms with E-state index in [2.05, 4.69) is 21.2 Å². The highest BCUT2D eigenvalue weighted by atomic mass is 79.9. The third-order valence-electron chi connectivity index (χ3n) is 2.24. The van der Waals surface area contributed by atoms with Crippen molar-refractivity contribution in [3.05, 3.63) is 34.3 Å². The lowest BCUT2D eigenvalue weighted by molar-refractivity contribution is 0.0923. The molecule has 84 valence electrons. The van der Waals surface area contributed by atoms with Crippen molar-refractivity contribution >= 4 is 15.9 Å². The quantitative estimate of drug-likeness (QED) is 0.761. The van der Waals surface area contributed by atoms with Crippen LogP contribution in [-0.4, -0.2) is 29.5 Å². The lowest BCUT2D eigenvalue weighted by atomic mass is 10.1. The Bertz CT molecular complexity index is 306. The molecule has 0 aromatic heterocycles. The third-order valence-corrected chi connectivity index (χ3v) is 2.96. The molecule has 2 unspecified atom stereocenters. The summed E-state index contributed by atoms with van der Waals surface area (Å²) < 4.78 is 1.04. The van der Waals surface area contributed by atoms with Crippen LogP contribution in [0.3, 0.4) is 0 Å². The Morgan fingerprint density at radius 3 is 2.67 bits per heavy atom. The normalized spacial score (nSPS) is 14.9. The van der Waals surface area contributed by atoms with Crippen molar-refractivity contribution in [2.75, 3.05) is 13.2 Å². The molecule has 0 heterocycles. The van der Waals surface area contributed by atoms with Crippen molar-refractivity contribution in [2.24, 2.45) is 0 Å². The maximum absolute atomic E-state index is 9.20. The monoisotopic (exact) mass is 273 g/mol. The maximum Gasteiger partial charge on any atom is 0.0895 e. The van der Waals surface area contributed by atoms with E-state index in [4.69, 9.17) is 5.11 Å². The fourth-order valence-corrected chi connectivity index (χ4v) is 1.94. The van der Waals surface area contributed by atoms with E-state index >= 15 is 0 Å². The molecule has 1 aromatic carbocycles. The van der Waals surface area contributed by atoms with Crippen LogP contribution in [0.25, 0.3) is 0 Å². The van der Waals surface area contributed by atoms with Crippen LogP contribution >= 0.6 is 15.9 Å². The molecule has 0 bridgehead atoms. The summed E-state index contributed by atoms with van der Waals surface area (Å²) in [5.74, 6) is 0. The Kier molecular flexibility index (Phi) is 5.25. The van der Waals surface area contributed by atoms with Crippen LogP contribution in [0.5, 0.6) is 0 Å². The average Bonchev–Trinajstić information content (AvgIpc) is 2.26. The molecule has 0 amide bonds. The highest BCUT2D eigenvalue weighted by molar-refractivity contribution is 9.10. The Morgan fingerprint density at radius 2 is 2.07 bits per heavy atom. The van der Waals surface area contributed by atoms with Gasteiger partial charge in [0, 0.05) is 17.1 Å². The largest absolute Gasteiger partial charge is 0.394 e. The molecule has 2 atom stereocenters. The lowest BCUT2D eigenvalue weighted by Crippen LogP contribution is -2.31. The Balaban J connectivity index is 2.54. The second-order valence-electron chi connectivity index (χ2n) is 3.49. The first-order valence-electron chi connectivity index (χ1n) is 4.92. The summed E-state index contributed by atoms with van der Waals surface area (Å²) in [6.07, 6.45) is -0.699. The van der Waals surface area contributed by atoms with Gasteiger partial charge in [-0.25, -0.2) is 0 Å². The van der Waals surface area contributed by atoms with Gasteiger partial charge in [0.2, 0.25) is 0 Å². The first-order chi connectivity index (χ1) is 7.15. The zero-order valence-corrected chi connectivity index (χ0v) is 10.2. The number of halogens is 1. The van der Waals surface area contributed by atoms with E-state index in [0.717, 1.165) is 10.0 Å². The standard InChI is InChI=1S/C11H16BrNO2/c1-8(13-6-9(15)7-14)10-4-2-3-5-11(10)12/h2-5,8-9,13-15H,6-7H2,1H3. The van der Waals surface area contributed by atoms with Gasteiger partial charge >= 0.3 is 0 Å². The van der Waals surface area contributed by atoms with Gasteiger partial charge in [0.1, 0.15) is 0 Å². The van der Waals surface area contributed by atoms with Crippen molar-refractivity contribution in [2.45, 2.75) is 19.1 Å². The molecule has 15 heavy (non-hydrogen) atoms. The highest BCUT2D eigenvalue weighted by Crippen LogP contribution is 2.22. The SMILES string of the molecule is CC(NCC(O)CO)c1ccccc1Br. The minimum absolute atomic E-state index is 0.141. The van der Waals surface area contributed by atoms with Crippen molar-refractivity contribution in [3.63, 3.8) is 0 Å². The number of nitrogens with one attached hydrogen (secondary N) is 1. The van der Waals surface area contributed by atoms with E-state index in [0.29, 0.717) is 6.54 Å². The summed E-state index contributed by atoms with van der Waals surface area (Å²) in [4.78, 5) is 0. The van der Waals surface area contributed by atoms with E-state index in [9.17, 15) is 5.11 Å². The summed E-state index contributed by atoms with van der Waals surface area (Å²) in [7, 11) is 0. The molecule has 0 saturated carbocycles. The van der Waals surface area contributed by atoms with Gasteiger partial charge in [-0.3, -0.25) is 0 Å². The topological polar surface area (TPSA) is 52.5 Å². The van der Waals surface area contributed by atoms with Crippen LogP contribution in [0.2, 0.25) is 0 Å². The van der Waals surface area contributed by atoms with Crippen LogP contribution in [0.4, 0.5) is 0 Å². The summed E-state index contributed by atoms with van der Waals surface area (Å²) >= 11 is 3.47. The van der Waals surface area contributed by atoms with Gasteiger partial charge < -0.3 is 15.5 Å². The fraction of sp³-hybridized carbons (Fsp3) is 0.455. The van der Waals surface area contributed by atoms with Crippen molar-refractivity contribution in [1.82, 2.24) is 5.32 Å². The summed E-state index contributed by atoms with van der Waals surface area (Å²) in [6, 6.07) is 8.08. The van der Waals surface area contributed by atoms with Crippen LogP contribution in [-0.2, 0) is 0 Å². The van der Waals surface area contributed by atoms with Crippen molar-refractivity contribution in [1.29, 1.82) is 0 Å². The predicted molar refractivity (Wildman–Crippen MR) is 63.7 cm³/mol. The lowest BCUT2D eigenvalue weighted by Gasteiger charge is -2.17. The molecular weight excluding hydrogens is 258 g/mol. The number of benzene rings is 1. The van der Waals surface area contributed by atoms with Gasteiger partial charge in [-0.1, -0.05) is 34.1 Å². The molecule has 3 nitrogen and oxygen atoms in total. The second-order valence-corrected chi connectivity index (χ2v) is 4.34. The number of hydrogen-bond acceptors (Lipinski definition) is 3. The average molecular weight is 274 g/mol. The fourth-order valence-electron chi connectivity index (χ4n) is 1.31. The molecule has 3 N–H and O–H groups in total. The van der Waals surface area contributed by atoms with Crippen molar-refractivity contribution < 1.29 is 10.2 Å². The number of rotatable bonds is 5. The molecule has 0 aliphatic heterocycles. The van der Waals surface area contributed by atoms with Gasteiger partial charge in [0.15, 0.2) is 0 Å². The summed E-state index contributed by atoms with van der Waals surface area (Å²) in [6.45, 7) is 2.19. The third kappa shape index (κ3) is 3.91. The van der Waals surface area contributed by atoms with E-state index < -0.39 is 6.10 Å². The summed E-state index contributed by atoms with van der Waals surface area (Å²) in [5, 5.41) is 21.0. The van der Waals surface area contributed by atoms with Gasteiger partial charge in [0.05, 0.1) is 12.7 Å². The second kappa shape index (κ2) is 6.23. The first-order valence-corrected chi connectivity index (χ1v) is 5.71. The van der Waals surface area contributed by atoms with Gasteiger partial charge in [-0.2, -0.15) is 0 Å². The number of aliphatic hydroxyl groups is 2. The molecule has 0 radical (unpaired) electrons. The molecule has 1 aromatic rings. The van der Waals surface area contributed by atoms with E-state index in [-0.39, 0.29) is 12.6 Å². The molecule has 0 aliphatic rings. The minimum atomic E-state index is -0.699. The van der Waals surface area contributed by atoms with E-state index in [1.165, 1.54) is 0 Å². The molecule has 1 rings (SSSR count). The molecular formula is C11H16BrNO2. The van der Waals surface area contributed by atoms with Gasteiger partial charge in [-0.05, 0) is 18.6 Å². The molecule has 0 spiro atoms. The minimum Gasteiger partial charge on any atom is -0.394 e. The van der Waals surface area contributed by atoms with Crippen LogP contribution < -0.4 is 5.32 Å². The highest BCUT2D eigenvalue weighted by Gasteiger charge is 2.09. The summed E-state index contributed by atoms with van der Waals surface area (Å²) in [5.41, 5.74) is 1.14. The first kappa shape index (κ1) is 12.6. The van der Waals surface area contributed by atoms with Crippen LogP contribution in [0.1, 0.15) is 18.5 Å². The zero-order chi connectivity index (χ0) is 11.3. The van der Waals surface area contributed by atoms with Crippen molar-refractivity contribution in [3.8, 4) is 0 Å². The molecule has 0 aliphatic carbocycles. The van der Waals surface area contributed by atoms with Crippen LogP contribution in [0.15, 0.2) is 28.7 Å². The number of aliphatic hydroxyl groups excluding tert-OH is 2. The Hall–Kier alpha value is -0.420. The molecule has 0 fully saturated rings. The van der Waals surface area contributed by atoms with Gasteiger partial charge in [-0.15, -0.1) is 0 Å². The maximum atomic E-state index is 9.20. The zero-order valence-electron chi connectivity index (χ0n) is 8.65. The van der Waals surface area contributed by atoms with Gasteiger partial charge in [0.25, 0.3) is 0 Å².